The van der Waals surface area contributed by atoms with Gasteiger partial charge in [-0.25, -0.2) is 0 Å². The van der Waals surface area contributed by atoms with Crippen LogP contribution in [-0.2, 0) is 9.59 Å². The first kappa shape index (κ1) is 14.3. The van der Waals surface area contributed by atoms with Gasteiger partial charge in [0.2, 0.25) is 11.8 Å². The molecule has 3 N–H and O–H groups in total. The van der Waals surface area contributed by atoms with Crippen molar-refractivity contribution < 1.29 is 9.59 Å². The Morgan fingerprint density at radius 2 is 2.11 bits per heavy atom. The van der Waals surface area contributed by atoms with Gasteiger partial charge in [-0.1, -0.05) is 0 Å². The summed E-state index contributed by atoms with van der Waals surface area (Å²) in [5.74, 6) is -0.326. The third kappa shape index (κ3) is 3.91. The second-order valence-corrected chi connectivity index (χ2v) is 5.67. The Labute approximate surface area is 114 Å². The van der Waals surface area contributed by atoms with Crippen molar-refractivity contribution in [2.75, 3.05) is 39.3 Å². The summed E-state index contributed by atoms with van der Waals surface area (Å²) < 4.78 is 0. The molecule has 0 aromatic heterocycles. The van der Waals surface area contributed by atoms with Gasteiger partial charge in [-0.3, -0.25) is 14.5 Å². The number of hydrogen-bond donors (Lipinski definition) is 2. The number of carbonyl (C=O) groups excluding carboxylic acids is 2. The number of likely N-dealkylation sites (tertiary alicyclic amines) is 1. The Kier molecular flexibility index (Phi) is 4.76. The van der Waals surface area contributed by atoms with E-state index >= 15 is 0 Å². The van der Waals surface area contributed by atoms with Gasteiger partial charge in [-0.15, -0.1) is 0 Å². The van der Waals surface area contributed by atoms with Crippen molar-refractivity contribution in [1.82, 2.24) is 15.1 Å². The molecule has 0 aliphatic carbocycles. The standard InChI is InChI=1S/C13H24N4O2/c1-10-7-16(6-4-15-10)9-12(18)17-5-2-3-11(8-17)13(14)19/h10-11,15H,2-9H2,1H3,(H2,14,19). The highest BCUT2D eigenvalue weighted by Crippen LogP contribution is 2.16. The third-order valence-electron chi connectivity index (χ3n) is 3.99. The molecule has 2 atom stereocenters. The molecule has 0 aromatic carbocycles. The number of rotatable bonds is 3. The lowest BCUT2D eigenvalue weighted by Gasteiger charge is -2.35. The second-order valence-electron chi connectivity index (χ2n) is 5.67. The maximum absolute atomic E-state index is 12.3. The first-order chi connectivity index (χ1) is 9.06. The molecule has 2 heterocycles. The van der Waals surface area contributed by atoms with Crippen LogP contribution in [0.1, 0.15) is 19.8 Å². The van der Waals surface area contributed by atoms with Crippen LogP contribution in [0.5, 0.6) is 0 Å². The minimum atomic E-state index is -0.284. The van der Waals surface area contributed by atoms with Crippen LogP contribution >= 0.6 is 0 Å². The van der Waals surface area contributed by atoms with E-state index in [4.69, 9.17) is 5.73 Å². The first-order valence-electron chi connectivity index (χ1n) is 7.09. The van der Waals surface area contributed by atoms with E-state index in [9.17, 15) is 9.59 Å². The Bertz CT molecular complexity index is 348. The number of carbonyl (C=O) groups is 2. The molecule has 108 valence electrons. The van der Waals surface area contributed by atoms with Gasteiger partial charge in [0.05, 0.1) is 12.5 Å². The van der Waals surface area contributed by atoms with Crippen LogP contribution in [0.2, 0.25) is 0 Å². The van der Waals surface area contributed by atoms with Crippen molar-refractivity contribution in [1.29, 1.82) is 0 Å². The van der Waals surface area contributed by atoms with Crippen molar-refractivity contribution in [2.45, 2.75) is 25.8 Å². The summed E-state index contributed by atoms with van der Waals surface area (Å²) in [7, 11) is 0. The van der Waals surface area contributed by atoms with Gasteiger partial charge in [0.25, 0.3) is 0 Å². The average molecular weight is 268 g/mol. The molecule has 6 nitrogen and oxygen atoms in total. The molecule has 0 bridgehead atoms. The van der Waals surface area contributed by atoms with Gasteiger partial charge in [0, 0.05) is 38.8 Å². The lowest BCUT2D eigenvalue weighted by molar-refractivity contribution is -0.136. The molecule has 19 heavy (non-hydrogen) atoms. The minimum Gasteiger partial charge on any atom is -0.369 e. The summed E-state index contributed by atoms with van der Waals surface area (Å²) in [6.07, 6.45) is 1.68. The van der Waals surface area contributed by atoms with E-state index in [2.05, 4.69) is 17.1 Å². The number of piperazine rings is 1. The summed E-state index contributed by atoms with van der Waals surface area (Å²) in [5.41, 5.74) is 5.34. The van der Waals surface area contributed by atoms with Crippen LogP contribution in [-0.4, -0.2) is 66.9 Å². The summed E-state index contributed by atoms with van der Waals surface area (Å²) in [6, 6.07) is 0.432. The van der Waals surface area contributed by atoms with Gasteiger partial charge in [0.15, 0.2) is 0 Å². The fourth-order valence-electron chi connectivity index (χ4n) is 2.88. The van der Waals surface area contributed by atoms with Crippen LogP contribution in [0.15, 0.2) is 0 Å². The normalized spacial score (nSPS) is 29.2. The minimum absolute atomic E-state index is 0.125. The first-order valence-corrected chi connectivity index (χ1v) is 7.09. The zero-order valence-electron chi connectivity index (χ0n) is 11.6. The predicted molar refractivity (Wildman–Crippen MR) is 72.4 cm³/mol. The monoisotopic (exact) mass is 268 g/mol. The summed E-state index contributed by atoms with van der Waals surface area (Å²) >= 11 is 0. The van der Waals surface area contributed by atoms with Gasteiger partial charge in [-0.2, -0.15) is 0 Å². The fraction of sp³-hybridized carbons (Fsp3) is 0.846. The number of hydrogen-bond acceptors (Lipinski definition) is 4. The van der Waals surface area contributed by atoms with E-state index in [0.717, 1.165) is 39.0 Å². The van der Waals surface area contributed by atoms with E-state index in [1.54, 1.807) is 4.90 Å². The Morgan fingerprint density at radius 3 is 2.79 bits per heavy atom. The quantitative estimate of drug-likeness (QED) is 0.688. The number of nitrogens with zero attached hydrogens (tertiary/aromatic N) is 2. The average Bonchev–Trinajstić information content (AvgIpc) is 2.39. The summed E-state index contributed by atoms with van der Waals surface area (Å²) in [6.45, 7) is 6.57. The van der Waals surface area contributed by atoms with Crippen molar-refractivity contribution in [3.05, 3.63) is 0 Å². The second kappa shape index (κ2) is 6.34. The Balaban J connectivity index is 1.83. The SMILES string of the molecule is CC1CN(CC(=O)N2CCCC(C(N)=O)C2)CCN1. The third-order valence-corrected chi connectivity index (χ3v) is 3.99. The number of piperidine rings is 1. The topological polar surface area (TPSA) is 78.7 Å². The van der Waals surface area contributed by atoms with Crippen molar-refractivity contribution >= 4 is 11.8 Å². The van der Waals surface area contributed by atoms with Gasteiger partial charge >= 0.3 is 0 Å². The van der Waals surface area contributed by atoms with Gasteiger partial charge in [-0.05, 0) is 19.8 Å². The van der Waals surface area contributed by atoms with Crippen molar-refractivity contribution in [3.8, 4) is 0 Å². The van der Waals surface area contributed by atoms with E-state index in [1.165, 1.54) is 0 Å². The van der Waals surface area contributed by atoms with Crippen LogP contribution in [0, 0.1) is 5.92 Å². The van der Waals surface area contributed by atoms with Crippen molar-refractivity contribution in [3.63, 3.8) is 0 Å². The Morgan fingerprint density at radius 1 is 1.32 bits per heavy atom. The zero-order chi connectivity index (χ0) is 13.8. The molecule has 2 aliphatic rings. The van der Waals surface area contributed by atoms with Crippen LogP contribution in [0.3, 0.4) is 0 Å². The molecule has 2 fully saturated rings. The molecule has 6 heteroatoms. The molecular formula is C13H24N4O2. The van der Waals surface area contributed by atoms with Crippen LogP contribution < -0.4 is 11.1 Å². The number of primary amides is 1. The maximum atomic E-state index is 12.3. The molecule has 2 unspecified atom stereocenters. The lowest BCUT2D eigenvalue weighted by Crippen LogP contribution is -2.53. The van der Waals surface area contributed by atoms with Crippen LogP contribution in [0.4, 0.5) is 0 Å². The van der Waals surface area contributed by atoms with E-state index in [1.807, 2.05) is 0 Å². The molecule has 0 saturated carbocycles. The molecule has 0 spiro atoms. The molecular weight excluding hydrogens is 244 g/mol. The lowest BCUT2D eigenvalue weighted by atomic mass is 9.97. The highest BCUT2D eigenvalue weighted by Gasteiger charge is 2.28. The largest absolute Gasteiger partial charge is 0.369 e. The number of nitrogens with two attached hydrogens (primary N) is 1. The van der Waals surface area contributed by atoms with E-state index in [-0.39, 0.29) is 17.7 Å². The maximum Gasteiger partial charge on any atom is 0.236 e. The number of nitrogens with one attached hydrogen (secondary N) is 1. The fourth-order valence-corrected chi connectivity index (χ4v) is 2.88. The summed E-state index contributed by atoms with van der Waals surface area (Å²) in [4.78, 5) is 27.4. The van der Waals surface area contributed by atoms with Gasteiger partial charge < -0.3 is 16.0 Å². The smallest absolute Gasteiger partial charge is 0.236 e. The highest BCUT2D eigenvalue weighted by molar-refractivity contribution is 5.81. The number of amides is 2. The molecule has 2 amide bonds. The molecule has 0 aromatic rings. The van der Waals surface area contributed by atoms with E-state index < -0.39 is 0 Å². The van der Waals surface area contributed by atoms with Crippen molar-refractivity contribution in [2.24, 2.45) is 11.7 Å². The molecule has 2 rings (SSSR count). The predicted octanol–water partition coefficient (Wildman–Crippen LogP) is -0.996. The zero-order valence-corrected chi connectivity index (χ0v) is 11.6. The Hall–Kier alpha value is -1.14. The summed E-state index contributed by atoms with van der Waals surface area (Å²) in [5, 5.41) is 3.36. The van der Waals surface area contributed by atoms with Crippen LogP contribution in [0.25, 0.3) is 0 Å². The molecule has 0 radical (unpaired) electrons. The van der Waals surface area contributed by atoms with Gasteiger partial charge in [0.1, 0.15) is 0 Å². The molecule has 2 aliphatic heterocycles. The van der Waals surface area contributed by atoms with E-state index in [0.29, 0.717) is 19.1 Å². The molecule has 2 saturated heterocycles. The highest BCUT2D eigenvalue weighted by atomic mass is 16.2.